The molecule has 0 spiro atoms. The summed E-state index contributed by atoms with van der Waals surface area (Å²) in [5.41, 5.74) is 6.63. The van der Waals surface area contributed by atoms with Crippen molar-refractivity contribution in [3.63, 3.8) is 0 Å². The Morgan fingerprint density at radius 1 is 1.11 bits per heavy atom. The van der Waals surface area contributed by atoms with Crippen LogP contribution in [-0.2, 0) is 4.74 Å². The predicted molar refractivity (Wildman–Crippen MR) is 110 cm³/mol. The first kappa shape index (κ1) is 18.9. The zero-order valence-corrected chi connectivity index (χ0v) is 16.5. The SMILES string of the molecule is COC(=O)c1ccc(N=Cc2cc(C)n(-c3cccc(C)c3)c2C)cc1Cl. The molecule has 0 atom stereocenters. The summed E-state index contributed by atoms with van der Waals surface area (Å²) < 4.78 is 6.91. The number of carbonyl (C=O) groups is 1. The Balaban J connectivity index is 1.92. The van der Waals surface area contributed by atoms with E-state index in [9.17, 15) is 4.79 Å². The van der Waals surface area contributed by atoms with E-state index in [1.54, 1.807) is 18.2 Å². The zero-order chi connectivity index (χ0) is 19.6. The second-order valence-electron chi connectivity index (χ2n) is 6.41. The van der Waals surface area contributed by atoms with Crippen molar-refractivity contribution in [3.05, 3.63) is 81.6 Å². The molecule has 5 heteroatoms. The molecule has 27 heavy (non-hydrogen) atoms. The Labute approximate surface area is 164 Å². The van der Waals surface area contributed by atoms with E-state index >= 15 is 0 Å². The summed E-state index contributed by atoms with van der Waals surface area (Å²) in [7, 11) is 1.33. The summed E-state index contributed by atoms with van der Waals surface area (Å²) in [6, 6.07) is 15.5. The fraction of sp³-hybridized carbons (Fsp3) is 0.182. The molecule has 3 aromatic rings. The molecular formula is C22H21ClN2O2. The van der Waals surface area contributed by atoms with E-state index in [-0.39, 0.29) is 0 Å². The first-order chi connectivity index (χ1) is 12.9. The molecule has 0 bridgehead atoms. The smallest absolute Gasteiger partial charge is 0.339 e. The average Bonchev–Trinajstić information content (AvgIpc) is 2.93. The number of benzene rings is 2. The Morgan fingerprint density at radius 2 is 1.89 bits per heavy atom. The van der Waals surface area contributed by atoms with Crippen LogP contribution in [0.4, 0.5) is 5.69 Å². The quantitative estimate of drug-likeness (QED) is 0.437. The van der Waals surface area contributed by atoms with Crippen LogP contribution in [0.3, 0.4) is 0 Å². The van der Waals surface area contributed by atoms with Gasteiger partial charge < -0.3 is 9.30 Å². The molecule has 0 N–H and O–H groups in total. The summed E-state index contributed by atoms with van der Waals surface area (Å²) in [6.45, 7) is 6.24. The van der Waals surface area contributed by atoms with E-state index in [0.29, 0.717) is 16.3 Å². The normalized spacial score (nSPS) is 11.1. The highest BCUT2D eigenvalue weighted by Crippen LogP contribution is 2.25. The molecule has 0 unspecified atom stereocenters. The first-order valence-corrected chi connectivity index (χ1v) is 8.96. The van der Waals surface area contributed by atoms with Crippen molar-refractivity contribution in [1.29, 1.82) is 0 Å². The number of methoxy groups -OCH3 is 1. The zero-order valence-electron chi connectivity index (χ0n) is 15.8. The Kier molecular flexibility index (Phi) is 5.47. The van der Waals surface area contributed by atoms with Crippen molar-refractivity contribution in [3.8, 4) is 5.69 Å². The molecule has 2 aromatic carbocycles. The van der Waals surface area contributed by atoms with Gasteiger partial charge in [-0.15, -0.1) is 0 Å². The van der Waals surface area contributed by atoms with Gasteiger partial charge in [0.2, 0.25) is 0 Å². The maximum absolute atomic E-state index is 11.6. The van der Waals surface area contributed by atoms with Gasteiger partial charge in [-0.05, 0) is 62.7 Å². The van der Waals surface area contributed by atoms with Crippen LogP contribution < -0.4 is 0 Å². The van der Waals surface area contributed by atoms with Gasteiger partial charge in [-0.2, -0.15) is 0 Å². The van der Waals surface area contributed by atoms with Crippen molar-refractivity contribution in [2.24, 2.45) is 4.99 Å². The number of hydrogen-bond donors (Lipinski definition) is 0. The molecule has 0 aliphatic heterocycles. The topological polar surface area (TPSA) is 43.6 Å². The Hall–Kier alpha value is -2.85. The molecule has 0 aliphatic rings. The molecule has 138 valence electrons. The molecule has 0 saturated carbocycles. The molecule has 3 rings (SSSR count). The highest BCUT2D eigenvalue weighted by molar-refractivity contribution is 6.33. The lowest BCUT2D eigenvalue weighted by molar-refractivity contribution is 0.0601. The first-order valence-electron chi connectivity index (χ1n) is 8.58. The van der Waals surface area contributed by atoms with Crippen molar-refractivity contribution < 1.29 is 9.53 Å². The van der Waals surface area contributed by atoms with Crippen LogP contribution in [0.5, 0.6) is 0 Å². The molecule has 0 aliphatic carbocycles. The Morgan fingerprint density at radius 3 is 2.56 bits per heavy atom. The molecular weight excluding hydrogens is 360 g/mol. The van der Waals surface area contributed by atoms with E-state index < -0.39 is 5.97 Å². The number of aryl methyl sites for hydroxylation is 2. The fourth-order valence-electron chi connectivity index (χ4n) is 3.09. The molecule has 1 heterocycles. The number of rotatable bonds is 4. The van der Waals surface area contributed by atoms with Gasteiger partial charge >= 0.3 is 5.97 Å². The van der Waals surface area contributed by atoms with Crippen LogP contribution in [-0.4, -0.2) is 23.9 Å². The van der Waals surface area contributed by atoms with Crippen LogP contribution in [0.25, 0.3) is 5.69 Å². The van der Waals surface area contributed by atoms with E-state index in [1.807, 2.05) is 6.21 Å². The van der Waals surface area contributed by atoms with Crippen LogP contribution in [0.2, 0.25) is 5.02 Å². The summed E-state index contributed by atoms with van der Waals surface area (Å²) in [5, 5.41) is 0.321. The number of halogens is 1. The highest BCUT2D eigenvalue weighted by Gasteiger charge is 2.11. The van der Waals surface area contributed by atoms with Gasteiger partial charge in [-0.25, -0.2) is 4.79 Å². The standard InChI is InChI=1S/C22H21ClN2O2/c1-14-6-5-7-19(10-14)25-15(2)11-17(16(25)3)13-24-18-8-9-20(21(23)12-18)22(26)27-4/h5-13H,1-4H3. The van der Waals surface area contributed by atoms with Crippen molar-refractivity contribution in [2.45, 2.75) is 20.8 Å². The largest absolute Gasteiger partial charge is 0.465 e. The van der Waals surface area contributed by atoms with Gasteiger partial charge in [0.05, 0.1) is 23.4 Å². The molecule has 1 aromatic heterocycles. The van der Waals surface area contributed by atoms with Gasteiger partial charge in [0, 0.05) is 28.9 Å². The number of ether oxygens (including phenoxy) is 1. The number of aromatic nitrogens is 1. The van der Waals surface area contributed by atoms with Crippen molar-refractivity contribution >= 4 is 29.5 Å². The van der Waals surface area contributed by atoms with E-state index in [0.717, 1.165) is 22.6 Å². The Bertz CT molecular complexity index is 1030. The number of hydrogen-bond acceptors (Lipinski definition) is 3. The van der Waals surface area contributed by atoms with E-state index in [4.69, 9.17) is 16.3 Å². The number of nitrogens with zero attached hydrogens (tertiary/aromatic N) is 2. The molecule has 0 saturated heterocycles. The van der Waals surface area contributed by atoms with Crippen LogP contribution >= 0.6 is 11.6 Å². The van der Waals surface area contributed by atoms with Crippen LogP contribution in [0.15, 0.2) is 53.5 Å². The lowest BCUT2D eigenvalue weighted by Crippen LogP contribution is -2.01. The minimum Gasteiger partial charge on any atom is -0.465 e. The maximum atomic E-state index is 11.6. The van der Waals surface area contributed by atoms with Crippen LogP contribution in [0.1, 0.15) is 32.9 Å². The second-order valence-corrected chi connectivity index (χ2v) is 6.82. The van der Waals surface area contributed by atoms with E-state index in [2.05, 4.69) is 60.7 Å². The third-order valence-corrected chi connectivity index (χ3v) is 4.75. The number of esters is 1. The molecule has 0 amide bonds. The number of aliphatic imine (C=N–C) groups is 1. The van der Waals surface area contributed by atoms with Gasteiger partial charge in [0.1, 0.15) is 0 Å². The summed E-state index contributed by atoms with van der Waals surface area (Å²) in [5.74, 6) is -0.461. The second kappa shape index (κ2) is 7.80. The van der Waals surface area contributed by atoms with Gasteiger partial charge in [0.15, 0.2) is 0 Å². The van der Waals surface area contributed by atoms with E-state index in [1.165, 1.54) is 12.7 Å². The fourth-order valence-corrected chi connectivity index (χ4v) is 3.34. The summed E-state index contributed by atoms with van der Waals surface area (Å²) in [6.07, 6.45) is 1.82. The summed E-state index contributed by atoms with van der Waals surface area (Å²) in [4.78, 5) is 16.1. The third-order valence-electron chi connectivity index (χ3n) is 4.44. The third kappa shape index (κ3) is 3.96. The van der Waals surface area contributed by atoms with Gasteiger partial charge in [-0.3, -0.25) is 4.99 Å². The van der Waals surface area contributed by atoms with Gasteiger partial charge in [0.25, 0.3) is 0 Å². The molecule has 0 fully saturated rings. The monoisotopic (exact) mass is 380 g/mol. The number of carbonyl (C=O) groups excluding carboxylic acids is 1. The highest BCUT2D eigenvalue weighted by atomic mass is 35.5. The van der Waals surface area contributed by atoms with Crippen LogP contribution in [0, 0.1) is 20.8 Å². The average molecular weight is 381 g/mol. The van der Waals surface area contributed by atoms with Gasteiger partial charge in [-0.1, -0.05) is 23.7 Å². The van der Waals surface area contributed by atoms with Crippen molar-refractivity contribution in [2.75, 3.05) is 7.11 Å². The molecule has 0 radical (unpaired) electrons. The predicted octanol–water partition coefficient (Wildman–Crippen LogP) is 5.59. The minimum atomic E-state index is -0.461. The molecule has 4 nitrogen and oxygen atoms in total. The minimum absolute atomic E-state index is 0.321. The van der Waals surface area contributed by atoms with Crippen molar-refractivity contribution in [1.82, 2.24) is 4.57 Å². The summed E-state index contributed by atoms with van der Waals surface area (Å²) >= 11 is 6.16. The maximum Gasteiger partial charge on any atom is 0.339 e. The lowest BCUT2D eigenvalue weighted by atomic mass is 10.2. The lowest BCUT2D eigenvalue weighted by Gasteiger charge is -2.10.